The van der Waals surface area contributed by atoms with Crippen LogP contribution >= 0.6 is 11.3 Å². The van der Waals surface area contributed by atoms with E-state index in [2.05, 4.69) is 6.92 Å². The highest BCUT2D eigenvalue weighted by Crippen LogP contribution is 2.27. The van der Waals surface area contributed by atoms with Crippen molar-refractivity contribution in [2.45, 2.75) is 13.3 Å². The smallest absolute Gasteiger partial charge is 0.153 e. The molecule has 0 atom stereocenters. The molecule has 0 saturated heterocycles. The molecule has 0 bridgehead atoms. The molecular weight excluding hydrogens is 199 g/mol. The molecule has 0 aliphatic rings. The van der Waals surface area contributed by atoms with Crippen LogP contribution < -0.4 is 0 Å². The maximum Gasteiger partial charge on any atom is 0.153 e. The summed E-state index contributed by atoms with van der Waals surface area (Å²) in [6, 6.07) is 5.01. The number of carbonyl (C=O) groups is 1. The lowest BCUT2D eigenvalue weighted by Gasteiger charge is -1.93. The summed E-state index contributed by atoms with van der Waals surface area (Å²) in [6.45, 7) is 2.06. The second kappa shape index (κ2) is 3.50. The van der Waals surface area contributed by atoms with Gasteiger partial charge in [-0.1, -0.05) is 6.92 Å². The summed E-state index contributed by atoms with van der Waals surface area (Å²) in [5.74, 6) is -0.437. The summed E-state index contributed by atoms with van der Waals surface area (Å²) in [6.07, 6.45) is 1.50. The SMILES string of the molecule is CCc1cc2cc(F)c(C=O)cc2s1. The Balaban J connectivity index is 2.69. The summed E-state index contributed by atoms with van der Waals surface area (Å²) in [5.41, 5.74) is 0.141. The van der Waals surface area contributed by atoms with Gasteiger partial charge in [-0.3, -0.25) is 4.79 Å². The van der Waals surface area contributed by atoms with Crippen LogP contribution in [0.3, 0.4) is 0 Å². The Kier molecular flexibility index (Phi) is 2.33. The summed E-state index contributed by atoms with van der Waals surface area (Å²) in [5, 5.41) is 0.884. The standard InChI is InChI=1S/C11H9FOS/c1-2-9-3-7-4-10(12)8(6-13)5-11(7)14-9/h3-6H,2H2,1H3. The van der Waals surface area contributed by atoms with Gasteiger partial charge in [0.25, 0.3) is 0 Å². The zero-order valence-electron chi connectivity index (χ0n) is 7.71. The van der Waals surface area contributed by atoms with Gasteiger partial charge >= 0.3 is 0 Å². The number of aryl methyl sites for hydroxylation is 1. The molecule has 2 rings (SSSR count). The largest absolute Gasteiger partial charge is 0.298 e. The van der Waals surface area contributed by atoms with Crippen LogP contribution in [0.4, 0.5) is 4.39 Å². The monoisotopic (exact) mass is 208 g/mol. The fourth-order valence-electron chi connectivity index (χ4n) is 1.39. The van der Waals surface area contributed by atoms with E-state index in [0.717, 1.165) is 16.5 Å². The molecule has 14 heavy (non-hydrogen) atoms. The highest BCUT2D eigenvalue weighted by atomic mass is 32.1. The van der Waals surface area contributed by atoms with Gasteiger partial charge in [0.05, 0.1) is 5.56 Å². The van der Waals surface area contributed by atoms with Crippen LogP contribution in [-0.2, 0) is 6.42 Å². The van der Waals surface area contributed by atoms with Crippen molar-refractivity contribution < 1.29 is 9.18 Å². The number of hydrogen-bond donors (Lipinski definition) is 0. The molecule has 0 N–H and O–H groups in total. The van der Waals surface area contributed by atoms with Gasteiger partial charge in [0, 0.05) is 9.58 Å². The summed E-state index contributed by atoms with van der Waals surface area (Å²) >= 11 is 1.61. The molecule has 3 heteroatoms. The topological polar surface area (TPSA) is 17.1 Å². The molecule has 1 aromatic carbocycles. The fraction of sp³-hybridized carbons (Fsp3) is 0.182. The molecule has 0 aliphatic carbocycles. The van der Waals surface area contributed by atoms with Gasteiger partial charge in [-0.2, -0.15) is 0 Å². The number of carbonyl (C=O) groups excluding carboxylic acids is 1. The van der Waals surface area contributed by atoms with Crippen molar-refractivity contribution in [2.24, 2.45) is 0 Å². The zero-order chi connectivity index (χ0) is 10.1. The second-order valence-electron chi connectivity index (χ2n) is 3.10. The van der Waals surface area contributed by atoms with Crippen LogP contribution in [0.15, 0.2) is 18.2 Å². The third kappa shape index (κ3) is 1.44. The lowest BCUT2D eigenvalue weighted by atomic mass is 10.2. The molecule has 0 amide bonds. The van der Waals surface area contributed by atoms with Gasteiger partial charge in [0.15, 0.2) is 6.29 Å². The van der Waals surface area contributed by atoms with E-state index in [1.54, 1.807) is 17.4 Å². The van der Waals surface area contributed by atoms with Crippen molar-refractivity contribution in [3.05, 3.63) is 34.5 Å². The molecular formula is C11H9FOS. The minimum absolute atomic E-state index is 0.141. The average Bonchev–Trinajstić information content (AvgIpc) is 2.58. The number of aldehydes is 1. The normalized spacial score (nSPS) is 10.7. The van der Waals surface area contributed by atoms with Crippen LogP contribution in [0.25, 0.3) is 10.1 Å². The van der Waals surface area contributed by atoms with E-state index in [0.29, 0.717) is 6.29 Å². The van der Waals surface area contributed by atoms with Crippen LogP contribution in [0.1, 0.15) is 22.2 Å². The van der Waals surface area contributed by atoms with E-state index in [1.165, 1.54) is 10.9 Å². The molecule has 0 radical (unpaired) electrons. The Hall–Kier alpha value is -1.22. The van der Waals surface area contributed by atoms with Gasteiger partial charge in [-0.25, -0.2) is 4.39 Å². The summed E-state index contributed by atoms with van der Waals surface area (Å²) < 4.78 is 14.2. The maximum absolute atomic E-state index is 13.2. The molecule has 72 valence electrons. The van der Waals surface area contributed by atoms with Crippen molar-refractivity contribution in [2.75, 3.05) is 0 Å². The van der Waals surface area contributed by atoms with Gasteiger partial charge < -0.3 is 0 Å². The maximum atomic E-state index is 13.2. The first-order valence-corrected chi connectivity index (χ1v) is 5.23. The van der Waals surface area contributed by atoms with E-state index >= 15 is 0 Å². The first-order chi connectivity index (χ1) is 6.74. The van der Waals surface area contributed by atoms with Crippen molar-refractivity contribution >= 4 is 27.7 Å². The first-order valence-electron chi connectivity index (χ1n) is 4.41. The van der Waals surface area contributed by atoms with Gasteiger partial charge in [-0.15, -0.1) is 11.3 Å². The highest BCUT2D eigenvalue weighted by molar-refractivity contribution is 7.19. The van der Waals surface area contributed by atoms with Crippen LogP contribution in [0, 0.1) is 5.82 Å². The molecule has 0 fully saturated rings. The third-order valence-electron chi connectivity index (χ3n) is 2.16. The van der Waals surface area contributed by atoms with Crippen LogP contribution in [0.2, 0.25) is 0 Å². The Morgan fingerprint density at radius 1 is 1.43 bits per heavy atom. The number of thiophene rings is 1. The van der Waals surface area contributed by atoms with Crippen molar-refractivity contribution in [3.63, 3.8) is 0 Å². The second-order valence-corrected chi connectivity index (χ2v) is 4.26. The van der Waals surface area contributed by atoms with Gasteiger partial charge in [-0.05, 0) is 30.0 Å². The van der Waals surface area contributed by atoms with E-state index in [9.17, 15) is 9.18 Å². The van der Waals surface area contributed by atoms with Gasteiger partial charge in [0.1, 0.15) is 5.82 Å². The minimum atomic E-state index is -0.437. The molecule has 1 aromatic heterocycles. The van der Waals surface area contributed by atoms with Crippen LogP contribution in [0.5, 0.6) is 0 Å². The summed E-state index contributed by atoms with van der Waals surface area (Å²) in [7, 11) is 0. The minimum Gasteiger partial charge on any atom is -0.298 e. The average molecular weight is 208 g/mol. The zero-order valence-corrected chi connectivity index (χ0v) is 8.53. The lowest BCUT2D eigenvalue weighted by Crippen LogP contribution is -1.85. The molecule has 0 aliphatic heterocycles. The van der Waals surface area contributed by atoms with E-state index in [-0.39, 0.29) is 5.56 Å². The fourth-order valence-corrected chi connectivity index (χ4v) is 2.43. The van der Waals surface area contributed by atoms with E-state index < -0.39 is 5.82 Å². The number of fused-ring (bicyclic) bond motifs is 1. The molecule has 2 aromatic rings. The quantitative estimate of drug-likeness (QED) is 0.691. The van der Waals surface area contributed by atoms with Crippen molar-refractivity contribution in [1.29, 1.82) is 0 Å². The van der Waals surface area contributed by atoms with Crippen molar-refractivity contribution in [1.82, 2.24) is 0 Å². The number of rotatable bonds is 2. The number of halogens is 1. The molecule has 1 heterocycles. The van der Waals surface area contributed by atoms with Crippen molar-refractivity contribution in [3.8, 4) is 0 Å². The Morgan fingerprint density at radius 2 is 2.21 bits per heavy atom. The first kappa shape index (κ1) is 9.34. The Labute approximate surface area is 85.2 Å². The number of hydrogen-bond acceptors (Lipinski definition) is 2. The highest BCUT2D eigenvalue weighted by Gasteiger charge is 2.06. The lowest BCUT2D eigenvalue weighted by molar-refractivity contribution is 0.112. The number of benzene rings is 1. The predicted octanol–water partition coefficient (Wildman–Crippen LogP) is 3.42. The van der Waals surface area contributed by atoms with Crippen LogP contribution in [-0.4, -0.2) is 6.29 Å². The summed E-state index contributed by atoms with van der Waals surface area (Å²) in [4.78, 5) is 11.7. The molecule has 0 spiro atoms. The molecule has 1 nitrogen and oxygen atoms in total. The van der Waals surface area contributed by atoms with E-state index in [4.69, 9.17) is 0 Å². The predicted molar refractivity (Wildman–Crippen MR) is 56.5 cm³/mol. The molecule has 0 unspecified atom stereocenters. The Morgan fingerprint density at radius 3 is 2.86 bits per heavy atom. The van der Waals surface area contributed by atoms with E-state index in [1.807, 2.05) is 6.07 Å². The third-order valence-corrected chi connectivity index (χ3v) is 3.40. The molecule has 0 saturated carbocycles. The Bertz CT molecular complexity index is 487. The van der Waals surface area contributed by atoms with Gasteiger partial charge in [0.2, 0.25) is 0 Å².